The second-order valence-corrected chi connectivity index (χ2v) is 5.03. The van der Waals surface area contributed by atoms with Gasteiger partial charge in [0, 0.05) is 12.1 Å². The fraction of sp³-hybridized carbons (Fsp3) is 0.375. The highest BCUT2D eigenvalue weighted by molar-refractivity contribution is 5.95. The van der Waals surface area contributed by atoms with Gasteiger partial charge in [0.1, 0.15) is 12.6 Å². The summed E-state index contributed by atoms with van der Waals surface area (Å²) in [7, 11) is 0. The van der Waals surface area contributed by atoms with Gasteiger partial charge in [-0.15, -0.1) is 0 Å². The smallest absolute Gasteiger partial charge is 0.329 e. The molecule has 1 atom stereocenters. The highest BCUT2D eigenvalue weighted by atomic mass is 16.5. The molecule has 1 fully saturated rings. The molecule has 0 bridgehead atoms. The monoisotopic (exact) mass is 273 g/mol. The average molecular weight is 273 g/mol. The zero-order chi connectivity index (χ0) is 14.5. The third-order valence-electron chi connectivity index (χ3n) is 3.37. The molecule has 0 unspecified atom stereocenters. The molecule has 1 aliphatic heterocycles. The van der Waals surface area contributed by atoms with Gasteiger partial charge < -0.3 is 9.64 Å². The Bertz CT molecular complexity index is 510. The van der Waals surface area contributed by atoms with E-state index in [1.165, 1.54) is 0 Å². The van der Waals surface area contributed by atoms with Gasteiger partial charge in [0.2, 0.25) is 5.91 Å². The lowest BCUT2D eigenvalue weighted by atomic mass is 10.2. The molecule has 4 nitrogen and oxygen atoms in total. The van der Waals surface area contributed by atoms with Crippen molar-refractivity contribution in [3.63, 3.8) is 0 Å². The molecule has 0 aromatic heterocycles. The molecular formula is C16H19NO3. The van der Waals surface area contributed by atoms with Gasteiger partial charge in [-0.1, -0.05) is 36.9 Å². The molecular weight excluding hydrogens is 254 g/mol. The van der Waals surface area contributed by atoms with Crippen LogP contribution in [0.5, 0.6) is 0 Å². The SMILES string of the molecule is C=C(C)C(=O)N1CCC[C@H]1C(=O)OCc1ccccc1. The first-order chi connectivity index (χ1) is 9.59. The summed E-state index contributed by atoms with van der Waals surface area (Å²) in [6, 6.07) is 9.04. The van der Waals surface area contributed by atoms with Crippen LogP contribution in [0.1, 0.15) is 25.3 Å². The standard InChI is InChI=1S/C16H19NO3/c1-12(2)15(18)17-10-6-9-14(17)16(19)20-11-13-7-4-3-5-8-13/h3-5,7-8,14H,1,6,9-11H2,2H3/t14-/m0/s1. The van der Waals surface area contributed by atoms with Crippen molar-refractivity contribution in [2.75, 3.05) is 6.54 Å². The lowest BCUT2D eigenvalue weighted by molar-refractivity contribution is -0.153. The van der Waals surface area contributed by atoms with E-state index >= 15 is 0 Å². The lowest BCUT2D eigenvalue weighted by Gasteiger charge is -2.23. The van der Waals surface area contributed by atoms with Crippen LogP contribution in [0.4, 0.5) is 0 Å². The van der Waals surface area contributed by atoms with Gasteiger partial charge in [0.25, 0.3) is 0 Å². The summed E-state index contributed by atoms with van der Waals surface area (Å²) in [6.07, 6.45) is 1.48. The molecule has 0 spiro atoms. The van der Waals surface area contributed by atoms with Crippen molar-refractivity contribution in [1.82, 2.24) is 4.90 Å². The number of amides is 1. The molecule has 106 valence electrons. The first kappa shape index (κ1) is 14.3. The molecule has 20 heavy (non-hydrogen) atoms. The van der Waals surface area contributed by atoms with Crippen molar-refractivity contribution in [2.24, 2.45) is 0 Å². The number of nitrogens with zero attached hydrogens (tertiary/aromatic N) is 1. The normalized spacial score (nSPS) is 17.9. The third kappa shape index (κ3) is 3.26. The van der Waals surface area contributed by atoms with E-state index in [9.17, 15) is 9.59 Å². The van der Waals surface area contributed by atoms with E-state index in [0.717, 1.165) is 12.0 Å². The van der Waals surface area contributed by atoms with Gasteiger partial charge >= 0.3 is 5.97 Å². The van der Waals surface area contributed by atoms with Gasteiger partial charge in [0.15, 0.2) is 0 Å². The molecule has 1 aromatic carbocycles. The van der Waals surface area contributed by atoms with E-state index in [4.69, 9.17) is 4.74 Å². The maximum absolute atomic E-state index is 12.1. The molecule has 1 aliphatic rings. The molecule has 1 heterocycles. The van der Waals surface area contributed by atoms with Gasteiger partial charge in [0.05, 0.1) is 0 Å². The number of ether oxygens (including phenoxy) is 1. The van der Waals surface area contributed by atoms with Crippen LogP contribution < -0.4 is 0 Å². The Morgan fingerprint density at radius 3 is 2.70 bits per heavy atom. The number of carbonyl (C=O) groups is 2. The molecule has 0 radical (unpaired) electrons. The maximum atomic E-state index is 12.1. The van der Waals surface area contributed by atoms with E-state index in [1.54, 1.807) is 11.8 Å². The number of likely N-dealkylation sites (tertiary alicyclic amines) is 1. The summed E-state index contributed by atoms with van der Waals surface area (Å²) in [5, 5.41) is 0. The number of hydrogen-bond donors (Lipinski definition) is 0. The van der Waals surface area contributed by atoms with E-state index in [1.807, 2.05) is 30.3 Å². The summed E-state index contributed by atoms with van der Waals surface area (Å²) in [5.74, 6) is -0.495. The minimum Gasteiger partial charge on any atom is -0.459 e. The van der Waals surface area contributed by atoms with Gasteiger partial charge in [-0.2, -0.15) is 0 Å². The zero-order valence-electron chi connectivity index (χ0n) is 11.7. The highest BCUT2D eigenvalue weighted by Gasteiger charge is 2.35. The molecule has 2 rings (SSSR count). The molecule has 4 heteroatoms. The Kier molecular flexibility index (Phi) is 4.56. The van der Waals surface area contributed by atoms with E-state index in [2.05, 4.69) is 6.58 Å². The van der Waals surface area contributed by atoms with Crippen LogP contribution >= 0.6 is 0 Å². The van der Waals surface area contributed by atoms with Crippen LogP contribution in [0.25, 0.3) is 0 Å². The average Bonchev–Trinajstić information content (AvgIpc) is 2.94. The molecule has 0 saturated carbocycles. The largest absolute Gasteiger partial charge is 0.459 e. The molecule has 1 aromatic rings. The fourth-order valence-corrected chi connectivity index (χ4v) is 2.32. The Balaban J connectivity index is 1.94. The number of carbonyl (C=O) groups excluding carboxylic acids is 2. The van der Waals surface area contributed by atoms with E-state index < -0.39 is 6.04 Å². The van der Waals surface area contributed by atoms with Gasteiger partial charge in [-0.3, -0.25) is 4.79 Å². The van der Waals surface area contributed by atoms with Gasteiger partial charge in [-0.05, 0) is 25.3 Å². The molecule has 1 saturated heterocycles. The van der Waals surface area contributed by atoms with Crippen molar-refractivity contribution < 1.29 is 14.3 Å². The fourth-order valence-electron chi connectivity index (χ4n) is 2.32. The predicted octanol–water partition coefficient (Wildman–Crippen LogP) is 2.30. The van der Waals surface area contributed by atoms with Crippen LogP contribution in [-0.2, 0) is 20.9 Å². The van der Waals surface area contributed by atoms with Crippen molar-refractivity contribution in [2.45, 2.75) is 32.4 Å². The summed E-state index contributed by atoms with van der Waals surface area (Å²) in [5.41, 5.74) is 1.39. The lowest BCUT2D eigenvalue weighted by Crippen LogP contribution is -2.41. The Morgan fingerprint density at radius 1 is 1.35 bits per heavy atom. The van der Waals surface area contributed by atoms with Gasteiger partial charge in [-0.25, -0.2) is 4.79 Å². The van der Waals surface area contributed by atoms with Crippen molar-refractivity contribution >= 4 is 11.9 Å². The summed E-state index contributed by atoms with van der Waals surface area (Å²) in [6.45, 7) is 6.14. The van der Waals surface area contributed by atoms with E-state index in [-0.39, 0.29) is 18.5 Å². The quantitative estimate of drug-likeness (QED) is 0.624. The second-order valence-electron chi connectivity index (χ2n) is 5.03. The Labute approximate surface area is 119 Å². The molecule has 0 aliphatic carbocycles. The summed E-state index contributed by atoms with van der Waals surface area (Å²) in [4.78, 5) is 25.6. The highest BCUT2D eigenvalue weighted by Crippen LogP contribution is 2.20. The number of hydrogen-bond acceptors (Lipinski definition) is 3. The minimum absolute atomic E-state index is 0.163. The summed E-state index contributed by atoms with van der Waals surface area (Å²) < 4.78 is 5.31. The second kappa shape index (κ2) is 6.37. The van der Waals surface area contributed by atoms with Crippen LogP contribution in [0.2, 0.25) is 0 Å². The first-order valence-electron chi connectivity index (χ1n) is 6.76. The predicted molar refractivity (Wildman–Crippen MR) is 75.8 cm³/mol. The maximum Gasteiger partial charge on any atom is 0.329 e. The topological polar surface area (TPSA) is 46.6 Å². The van der Waals surface area contributed by atoms with Crippen molar-refractivity contribution in [3.8, 4) is 0 Å². The molecule has 0 N–H and O–H groups in total. The Morgan fingerprint density at radius 2 is 2.05 bits per heavy atom. The third-order valence-corrected chi connectivity index (χ3v) is 3.37. The molecule has 1 amide bonds. The zero-order valence-corrected chi connectivity index (χ0v) is 11.7. The minimum atomic E-state index is -0.470. The van der Waals surface area contributed by atoms with Crippen LogP contribution in [0, 0.1) is 0 Å². The van der Waals surface area contributed by atoms with Crippen molar-refractivity contribution in [1.29, 1.82) is 0 Å². The number of esters is 1. The van der Waals surface area contributed by atoms with Crippen LogP contribution in [-0.4, -0.2) is 29.4 Å². The van der Waals surface area contributed by atoms with Crippen molar-refractivity contribution in [3.05, 3.63) is 48.0 Å². The summed E-state index contributed by atoms with van der Waals surface area (Å²) >= 11 is 0. The number of benzene rings is 1. The van der Waals surface area contributed by atoms with Crippen LogP contribution in [0.3, 0.4) is 0 Å². The Hall–Kier alpha value is -2.10. The first-order valence-corrected chi connectivity index (χ1v) is 6.76. The van der Waals surface area contributed by atoms with E-state index in [0.29, 0.717) is 18.5 Å². The number of rotatable bonds is 4. The van der Waals surface area contributed by atoms with Crippen LogP contribution in [0.15, 0.2) is 42.5 Å².